The largest absolute Gasteiger partial charge is 0.480 e. The number of aliphatic carboxylic acids is 1. The fraction of sp³-hybridized carbons (Fsp3) is 0.818. The normalized spacial score (nSPS) is 9.94. The van der Waals surface area contributed by atoms with Crippen molar-refractivity contribution in [2.24, 2.45) is 0 Å². The van der Waals surface area contributed by atoms with E-state index in [2.05, 4.69) is 6.92 Å². The van der Waals surface area contributed by atoms with Gasteiger partial charge in [0.1, 0.15) is 6.54 Å². The molecule has 0 aliphatic rings. The third kappa shape index (κ3) is 5.58. The first kappa shape index (κ1) is 14.7. The molecular formula is C11H22N2O3. The van der Waals surface area contributed by atoms with Gasteiger partial charge in [0.2, 0.25) is 0 Å². The van der Waals surface area contributed by atoms with Crippen molar-refractivity contribution in [1.29, 1.82) is 0 Å². The highest BCUT2D eigenvalue weighted by molar-refractivity contribution is 5.79. The van der Waals surface area contributed by atoms with Crippen LogP contribution in [-0.4, -0.2) is 53.6 Å². The lowest BCUT2D eigenvalue weighted by atomic mass is 10.2. The lowest BCUT2D eigenvalue weighted by molar-refractivity contribution is -0.137. The molecule has 0 heterocycles. The van der Waals surface area contributed by atoms with Gasteiger partial charge in [0, 0.05) is 20.1 Å². The van der Waals surface area contributed by atoms with E-state index in [1.807, 2.05) is 0 Å². The van der Waals surface area contributed by atoms with Gasteiger partial charge in [-0.15, -0.1) is 0 Å². The Bertz CT molecular complexity index is 231. The summed E-state index contributed by atoms with van der Waals surface area (Å²) in [5.41, 5.74) is 0. The van der Waals surface area contributed by atoms with E-state index in [-0.39, 0.29) is 12.6 Å². The Balaban J connectivity index is 4.11. The first-order valence-electron chi connectivity index (χ1n) is 5.74. The molecule has 1 N–H and O–H groups in total. The number of carbonyl (C=O) groups is 2. The molecule has 5 nitrogen and oxygen atoms in total. The van der Waals surface area contributed by atoms with Gasteiger partial charge in [0.05, 0.1) is 0 Å². The summed E-state index contributed by atoms with van der Waals surface area (Å²) >= 11 is 0. The third-order valence-corrected chi connectivity index (χ3v) is 2.40. The van der Waals surface area contributed by atoms with Gasteiger partial charge in [-0.1, -0.05) is 19.8 Å². The van der Waals surface area contributed by atoms with Crippen molar-refractivity contribution in [1.82, 2.24) is 9.80 Å². The lowest BCUT2D eigenvalue weighted by Crippen LogP contribution is -2.43. The van der Waals surface area contributed by atoms with Crippen LogP contribution in [0.3, 0.4) is 0 Å². The van der Waals surface area contributed by atoms with Gasteiger partial charge >= 0.3 is 12.0 Å². The molecule has 5 heteroatoms. The maximum atomic E-state index is 11.8. The van der Waals surface area contributed by atoms with Crippen molar-refractivity contribution in [3.8, 4) is 0 Å². The predicted octanol–water partition coefficient (Wildman–Crippen LogP) is 1.63. The summed E-state index contributed by atoms with van der Waals surface area (Å²) in [6.45, 7) is 4.75. The van der Waals surface area contributed by atoms with Crippen molar-refractivity contribution >= 4 is 12.0 Å². The van der Waals surface area contributed by atoms with Gasteiger partial charge in [-0.25, -0.2) is 4.79 Å². The summed E-state index contributed by atoms with van der Waals surface area (Å²) in [4.78, 5) is 25.2. The Kier molecular flexibility index (Phi) is 7.33. The zero-order chi connectivity index (χ0) is 12.6. The van der Waals surface area contributed by atoms with Crippen LogP contribution in [0.2, 0.25) is 0 Å². The molecule has 0 unspecified atom stereocenters. The van der Waals surface area contributed by atoms with E-state index in [9.17, 15) is 9.59 Å². The average Bonchev–Trinajstić information content (AvgIpc) is 2.24. The summed E-state index contributed by atoms with van der Waals surface area (Å²) < 4.78 is 0. The minimum Gasteiger partial charge on any atom is -0.480 e. The molecule has 0 aromatic rings. The Morgan fingerprint density at radius 1 is 1.19 bits per heavy atom. The van der Waals surface area contributed by atoms with Crippen LogP contribution >= 0.6 is 0 Å². The van der Waals surface area contributed by atoms with Crippen molar-refractivity contribution < 1.29 is 14.7 Å². The molecule has 0 radical (unpaired) electrons. The van der Waals surface area contributed by atoms with E-state index >= 15 is 0 Å². The molecule has 16 heavy (non-hydrogen) atoms. The number of hydrogen-bond acceptors (Lipinski definition) is 2. The molecule has 2 amide bonds. The smallest absolute Gasteiger partial charge is 0.323 e. The highest BCUT2D eigenvalue weighted by Crippen LogP contribution is 2.01. The molecular weight excluding hydrogens is 208 g/mol. The number of likely N-dealkylation sites (N-methyl/N-ethyl adjacent to an activating group) is 1. The standard InChI is InChI=1S/C11H22N2O3/c1-4-6-7-8-12(3)11(16)13(5-2)9-10(14)15/h4-9H2,1-3H3,(H,14,15). The highest BCUT2D eigenvalue weighted by atomic mass is 16.4. The topological polar surface area (TPSA) is 60.9 Å². The van der Waals surface area contributed by atoms with E-state index in [0.717, 1.165) is 19.3 Å². The number of unbranched alkanes of at least 4 members (excludes halogenated alkanes) is 2. The second-order valence-electron chi connectivity index (χ2n) is 3.82. The molecule has 0 aliphatic carbocycles. The number of carbonyl (C=O) groups excluding carboxylic acids is 1. The number of nitrogens with zero attached hydrogens (tertiary/aromatic N) is 2. The second-order valence-corrected chi connectivity index (χ2v) is 3.82. The van der Waals surface area contributed by atoms with E-state index in [1.165, 1.54) is 4.90 Å². The number of hydrogen-bond donors (Lipinski definition) is 1. The van der Waals surface area contributed by atoms with Crippen molar-refractivity contribution in [2.75, 3.05) is 26.7 Å². The van der Waals surface area contributed by atoms with Gasteiger partial charge < -0.3 is 14.9 Å². The average molecular weight is 230 g/mol. The van der Waals surface area contributed by atoms with Gasteiger partial charge in [0.25, 0.3) is 0 Å². The highest BCUT2D eigenvalue weighted by Gasteiger charge is 2.18. The van der Waals surface area contributed by atoms with Gasteiger partial charge in [0.15, 0.2) is 0 Å². The quantitative estimate of drug-likeness (QED) is 0.676. The monoisotopic (exact) mass is 230 g/mol. The minimum atomic E-state index is -0.975. The SMILES string of the molecule is CCCCCN(C)C(=O)N(CC)CC(=O)O. The molecule has 0 fully saturated rings. The zero-order valence-electron chi connectivity index (χ0n) is 10.4. The summed E-state index contributed by atoms with van der Waals surface area (Å²) in [5.74, 6) is -0.975. The van der Waals surface area contributed by atoms with Crippen molar-refractivity contribution in [3.05, 3.63) is 0 Å². The molecule has 0 aromatic carbocycles. The van der Waals surface area contributed by atoms with Crippen LogP contribution in [0.5, 0.6) is 0 Å². The van der Waals surface area contributed by atoms with E-state index in [0.29, 0.717) is 13.1 Å². The second kappa shape index (κ2) is 7.96. The summed E-state index contributed by atoms with van der Waals surface area (Å²) in [6.07, 6.45) is 3.15. The number of amides is 2. The van der Waals surface area contributed by atoms with E-state index in [1.54, 1.807) is 18.9 Å². The molecule has 0 saturated carbocycles. The molecule has 0 spiro atoms. The molecule has 94 valence electrons. The van der Waals surface area contributed by atoms with Crippen LogP contribution in [0.25, 0.3) is 0 Å². The minimum absolute atomic E-state index is 0.207. The number of urea groups is 1. The zero-order valence-corrected chi connectivity index (χ0v) is 10.4. The molecule has 0 bridgehead atoms. The van der Waals surface area contributed by atoms with Crippen LogP contribution in [-0.2, 0) is 4.79 Å². The van der Waals surface area contributed by atoms with E-state index < -0.39 is 5.97 Å². The number of rotatable bonds is 7. The Labute approximate surface area is 97.0 Å². The van der Waals surface area contributed by atoms with Gasteiger partial charge in [-0.3, -0.25) is 4.79 Å². The van der Waals surface area contributed by atoms with Crippen molar-refractivity contribution in [3.63, 3.8) is 0 Å². The van der Waals surface area contributed by atoms with Crippen LogP contribution in [0.4, 0.5) is 4.79 Å². The number of carboxylic acids is 1. The molecule has 0 atom stereocenters. The predicted molar refractivity (Wildman–Crippen MR) is 62.4 cm³/mol. The molecule has 0 rings (SSSR count). The Hall–Kier alpha value is -1.26. The fourth-order valence-electron chi connectivity index (χ4n) is 1.41. The fourth-order valence-corrected chi connectivity index (χ4v) is 1.41. The Morgan fingerprint density at radius 2 is 1.81 bits per heavy atom. The van der Waals surface area contributed by atoms with Crippen LogP contribution in [0.15, 0.2) is 0 Å². The first-order valence-corrected chi connectivity index (χ1v) is 5.74. The summed E-state index contributed by atoms with van der Waals surface area (Å²) in [5, 5.41) is 8.65. The maximum absolute atomic E-state index is 11.8. The molecule has 0 saturated heterocycles. The number of carboxylic acid groups (broad SMARTS) is 1. The summed E-state index contributed by atoms with van der Waals surface area (Å²) in [6, 6.07) is -0.207. The van der Waals surface area contributed by atoms with E-state index in [4.69, 9.17) is 5.11 Å². The van der Waals surface area contributed by atoms with Crippen molar-refractivity contribution in [2.45, 2.75) is 33.1 Å². The lowest BCUT2D eigenvalue weighted by Gasteiger charge is -2.25. The van der Waals surface area contributed by atoms with Gasteiger partial charge in [-0.2, -0.15) is 0 Å². The molecule has 0 aromatic heterocycles. The summed E-state index contributed by atoms with van der Waals surface area (Å²) in [7, 11) is 1.71. The molecule has 0 aliphatic heterocycles. The van der Waals surface area contributed by atoms with Gasteiger partial charge in [-0.05, 0) is 13.3 Å². The van der Waals surface area contributed by atoms with Crippen LogP contribution in [0, 0.1) is 0 Å². The Morgan fingerprint density at radius 3 is 2.25 bits per heavy atom. The first-order chi connectivity index (χ1) is 7.52. The maximum Gasteiger partial charge on any atom is 0.323 e. The van der Waals surface area contributed by atoms with Crippen LogP contribution in [0.1, 0.15) is 33.1 Å². The third-order valence-electron chi connectivity index (χ3n) is 2.40. The van der Waals surface area contributed by atoms with Crippen LogP contribution < -0.4 is 0 Å².